The van der Waals surface area contributed by atoms with E-state index in [2.05, 4.69) is 19.6 Å². The van der Waals surface area contributed by atoms with Crippen LogP contribution in [0.5, 0.6) is 0 Å². The van der Waals surface area contributed by atoms with Crippen LogP contribution in [-0.2, 0) is 9.09 Å². The Morgan fingerprint density at radius 2 is 2.53 bits per heavy atom. The van der Waals surface area contributed by atoms with Crippen molar-refractivity contribution in [2.24, 2.45) is 11.3 Å². The maximum absolute atomic E-state index is 11.3. The summed E-state index contributed by atoms with van der Waals surface area (Å²) in [4.78, 5) is 9.27. The van der Waals surface area contributed by atoms with Crippen LogP contribution < -0.4 is 0 Å². The van der Waals surface area contributed by atoms with Gasteiger partial charge in [-0.2, -0.15) is 0 Å². The zero-order valence-electron chi connectivity index (χ0n) is 10.4. The van der Waals surface area contributed by atoms with Gasteiger partial charge in [-0.3, -0.25) is 4.57 Å². The topological polar surface area (TPSA) is 46.5 Å². The Morgan fingerprint density at radius 1 is 1.76 bits per heavy atom. The van der Waals surface area contributed by atoms with Gasteiger partial charge in [0.2, 0.25) is 0 Å². The van der Waals surface area contributed by atoms with E-state index in [-0.39, 0.29) is 0 Å². The van der Waals surface area contributed by atoms with Crippen molar-refractivity contribution in [2.75, 3.05) is 6.61 Å². The molecule has 0 aromatic carbocycles. The molecular formula is C13H21O3P. The number of rotatable bonds is 5. The van der Waals surface area contributed by atoms with Crippen LogP contribution in [0.1, 0.15) is 39.0 Å². The van der Waals surface area contributed by atoms with Gasteiger partial charge >= 0.3 is 7.60 Å². The van der Waals surface area contributed by atoms with Crippen molar-refractivity contribution in [3.8, 4) is 0 Å². The summed E-state index contributed by atoms with van der Waals surface area (Å²) in [6.45, 7) is 5.95. The standard InChI is InChI=1S/C13H21O3P/c1-3-17(14,15)16-7-6-13-5-4-12(10-13)8-11(2)9-13/h3-4,11H,1,5-10H2,2H3,(H,14,15). The zero-order chi connectivity index (χ0) is 12.5. The number of hydrogen-bond acceptors (Lipinski definition) is 2. The van der Waals surface area contributed by atoms with Crippen LogP contribution in [0.25, 0.3) is 0 Å². The molecule has 2 aliphatic carbocycles. The molecule has 17 heavy (non-hydrogen) atoms. The van der Waals surface area contributed by atoms with Gasteiger partial charge in [-0.05, 0) is 43.4 Å². The van der Waals surface area contributed by atoms with E-state index in [0.29, 0.717) is 12.0 Å². The van der Waals surface area contributed by atoms with Crippen molar-refractivity contribution in [2.45, 2.75) is 39.0 Å². The summed E-state index contributed by atoms with van der Waals surface area (Å²) >= 11 is 0. The fourth-order valence-corrected chi connectivity index (χ4v) is 3.75. The molecule has 0 aromatic rings. The predicted octanol–water partition coefficient (Wildman–Crippen LogP) is 3.86. The van der Waals surface area contributed by atoms with Crippen LogP contribution in [-0.4, -0.2) is 11.5 Å². The average molecular weight is 256 g/mol. The zero-order valence-corrected chi connectivity index (χ0v) is 11.3. The summed E-state index contributed by atoms with van der Waals surface area (Å²) in [5.41, 5.74) is 1.87. The van der Waals surface area contributed by atoms with E-state index in [4.69, 9.17) is 4.52 Å². The number of hydrogen-bond donors (Lipinski definition) is 1. The third-order valence-corrected chi connectivity index (χ3v) is 4.97. The van der Waals surface area contributed by atoms with Crippen LogP contribution in [0.2, 0.25) is 0 Å². The number of fused-ring (bicyclic) bond motifs is 2. The minimum Gasteiger partial charge on any atom is -0.321 e. The van der Waals surface area contributed by atoms with Gasteiger partial charge in [0.1, 0.15) is 0 Å². The SMILES string of the molecule is C=CP(=O)(O)OCCC12CC=C(CC(C)C1)C2. The Labute approximate surface area is 103 Å². The minimum absolute atomic E-state index is 0.300. The van der Waals surface area contributed by atoms with E-state index >= 15 is 0 Å². The van der Waals surface area contributed by atoms with E-state index in [1.54, 1.807) is 5.57 Å². The van der Waals surface area contributed by atoms with Gasteiger partial charge in [0, 0.05) is 5.82 Å². The molecular weight excluding hydrogens is 235 g/mol. The van der Waals surface area contributed by atoms with E-state index in [0.717, 1.165) is 31.0 Å². The Balaban J connectivity index is 1.87. The molecule has 96 valence electrons. The van der Waals surface area contributed by atoms with Gasteiger partial charge in [-0.25, -0.2) is 0 Å². The van der Waals surface area contributed by atoms with Crippen LogP contribution in [0.3, 0.4) is 0 Å². The van der Waals surface area contributed by atoms with Crippen molar-refractivity contribution in [1.29, 1.82) is 0 Å². The van der Waals surface area contributed by atoms with Gasteiger partial charge < -0.3 is 9.42 Å². The smallest absolute Gasteiger partial charge is 0.321 e. The fraction of sp³-hybridized carbons (Fsp3) is 0.692. The second-order valence-electron chi connectivity index (χ2n) is 5.59. The first-order valence-corrected chi connectivity index (χ1v) is 7.88. The molecule has 0 aromatic heterocycles. The lowest BCUT2D eigenvalue weighted by atomic mass is 9.70. The molecule has 3 atom stereocenters. The van der Waals surface area contributed by atoms with Crippen LogP contribution in [0, 0.1) is 11.3 Å². The molecule has 0 radical (unpaired) electrons. The molecule has 2 rings (SSSR count). The highest BCUT2D eigenvalue weighted by Crippen LogP contribution is 2.53. The van der Waals surface area contributed by atoms with Gasteiger partial charge in [-0.1, -0.05) is 25.2 Å². The lowest BCUT2D eigenvalue weighted by Crippen LogP contribution is -2.26. The largest absolute Gasteiger partial charge is 0.351 e. The molecule has 0 amide bonds. The van der Waals surface area contributed by atoms with Crippen LogP contribution >= 0.6 is 7.60 Å². The Bertz CT molecular complexity index is 388. The first-order chi connectivity index (χ1) is 7.95. The highest BCUT2D eigenvalue weighted by molar-refractivity contribution is 7.56. The Hall–Kier alpha value is -0.370. The molecule has 3 unspecified atom stereocenters. The molecule has 1 fully saturated rings. The second kappa shape index (κ2) is 4.72. The number of allylic oxidation sites excluding steroid dienone is 2. The van der Waals surface area contributed by atoms with E-state index in [1.165, 1.54) is 12.8 Å². The molecule has 0 spiro atoms. The van der Waals surface area contributed by atoms with Crippen molar-refractivity contribution < 1.29 is 14.0 Å². The van der Waals surface area contributed by atoms with Crippen molar-refractivity contribution in [1.82, 2.24) is 0 Å². The summed E-state index contributed by atoms with van der Waals surface area (Å²) in [5.74, 6) is 1.74. The lowest BCUT2D eigenvalue weighted by molar-refractivity contribution is 0.146. The van der Waals surface area contributed by atoms with Gasteiger partial charge in [0.05, 0.1) is 6.61 Å². The Morgan fingerprint density at radius 3 is 3.24 bits per heavy atom. The quantitative estimate of drug-likeness (QED) is 0.600. The first kappa shape index (κ1) is 13.1. The van der Waals surface area contributed by atoms with Gasteiger partial charge in [0.15, 0.2) is 0 Å². The van der Waals surface area contributed by atoms with E-state index in [9.17, 15) is 9.46 Å². The lowest BCUT2D eigenvalue weighted by Gasteiger charge is -2.36. The monoisotopic (exact) mass is 256 g/mol. The molecule has 2 bridgehead atoms. The molecule has 0 saturated heterocycles. The van der Waals surface area contributed by atoms with Crippen LogP contribution in [0.15, 0.2) is 24.0 Å². The summed E-state index contributed by atoms with van der Waals surface area (Å²) in [5, 5.41) is 0. The summed E-state index contributed by atoms with van der Waals surface area (Å²) < 4.78 is 16.3. The molecule has 0 aliphatic heterocycles. The average Bonchev–Trinajstić information content (AvgIpc) is 2.54. The molecule has 0 heterocycles. The Kier molecular flexibility index (Phi) is 3.63. The third-order valence-electron chi connectivity index (χ3n) is 3.96. The van der Waals surface area contributed by atoms with E-state index < -0.39 is 7.60 Å². The fourth-order valence-electron chi connectivity index (χ4n) is 3.29. The predicted molar refractivity (Wildman–Crippen MR) is 68.7 cm³/mol. The van der Waals surface area contributed by atoms with Crippen molar-refractivity contribution >= 4 is 7.60 Å². The normalized spacial score (nSPS) is 35.2. The minimum atomic E-state index is -3.54. The molecule has 2 aliphatic rings. The molecule has 1 saturated carbocycles. The van der Waals surface area contributed by atoms with Crippen LogP contribution in [0.4, 0.5) is 0 Å². The van der Waals surface area contributed by atoms with Crippen molar-refractivity contribution in [3.63, 3.8) is 0 Å². The molecule has 3 nitrogen and oxygen atoms in total. The maximum atomic E-state index is 11.3. The molecule has 1 N–H and O–H groups in total. The highest BCUT2D eigenvalue weighted by atomic mass is 31.2. The van der Waals surface area contributed by atoms with Gasteiger partial charge in [-0.15, -0.1) is 0 Å². The van der Waals surface area contributed by atoms with E-state index in [1.807, 2.05) is 0 Å². The third kappa shape index (κ3) is 3.09. The van der Waals surface area contributed by atoms with Gasteiger partial charge in [0.25, 0.3) is 0 Å². The van der Waals surface area contributed by atoms with Crippen molar-refractivity contribution in [3.05, 3.63) is 24.0 Å². The summed E-state index contributed by atoms with van der Waals surface area (Å²) in [6, 6.07) is 0. The summed E-state index contributed by atoms with van der Waals surface area (Å²) in [7, 11) is -3.54. The maximum Gasteiger partial charge on any atom is 0.351 e. The molecule has 4 heteroatoms. The second-order valence-corrected chi connectivity index (χ2v) is 7.34. The first-order valence-electron chi connectivity index (χ1n) is 6.23. The highest BCUT2D eigenvalue weighted by Gasteiger charge is 2.39. The summed E-state index contributed by atoms with van der Waals surface area (Å²) in [6.07, 6.45) is 7.93.